The molecule has 1 aliphatic rings. The van der Waals surface area contributed by atoms with Crippen molar-refractivity contribution in [2.45, 2.75) is 12.0 Å². The predicted molar refractivity (Wildman–Crippen MR) is 89.3 cm³/mol. The van der Waals surface area contributed by atoms with Crippen LogP contribution in [-0.4, -0.2) is 30.1 Å². The van der Waals surface area contributed by atoms with Gasteiger partial charge in [-0.2, -0.15) is 0 Å². The molecule has 1 aliphatic heterocycles. The molecular formula is C17H19Cl2NO. The van der Waals surface area contributed by atoms with Gasteiger partial charge in [0.1, 0.15) is 5.60 Å². The van der Waals surface area contributed by atoms with Gasteiger partial charge in [0.2, 0.25) is 0 Å². The van der Waals surface area contributed by atoms with Crippen molar-refractivity contribution in [3.63, 3.8) is 0 Å². The highest BCUT2D eigenvalue weighted by atomic mass is 35.5. The van der Waals surface area contributed by atoms with Crippen molar-refractivity contribution in [2.24, 2.45) is 0 Å². The minimum absolute atomic E-state index is 0. The van der Waals surface area contributed by atoms with Crippen LogP contribution in [0, 0.1) is 0 Å². The van der Waals surface area contributed by atoms with Gasteiger partial charge in [0.25, 0.3) is 0 Å². The standard InChI is InChI=1S/C17H18ClNO.ClH/c1-19-10-9-13-5-2-3-8-16(13)17(20,12-19)14-6-4-7-15(18)11-14;/h2-8,11,20H,9-10,12H2,1H3;1H. The van der Waals surface area contributed by atoms with Crippen molar-refractivity contribution < 1.29 is 5.11 Å². The summed E-state index contributed by atoms with van der Waals surface area (Å²) in [5.74, 6) is 0. The predicted octanol–water partition coefficient (Wildman–Crippen LogP) is 3.49. The lowest BCUT2D eigenvalue weighted by Gasteiger charge is -2.32. The van der Waals surface area contributed by atoms with Gasteiger partial charge in [0.05, 0.1) is 0 Å². The van der Waals surface area contributed by atoms with Crippen LogP contribution >= 0.6 is 24.0 Å². The molecule has 0 fully saturated rings. The SMILES string of the molecule is CN1CCc2ccccc2C(O)(c2cccc(Cl)c2)C1.Cl. The summed E-state index contributed by atoms with van der Waals surface area (Å²) in [7, 11) is 2.04. The fourth-order valence-electron chi connectivity index (χ4n) is 3.00. The molecule has 0 saturated carbocycles. The van der Waals surface area contributed by atoms with Crippen molar-refractivity contribution >= 4 is 24.0 Å². The van der Waals surface area contributed by atoms with Crippen molar-refractivity contribution in [1.82, 2.24) is 4.90 Å². The fourth-order valence-corrected chi connectivity index (χ4v) is 3.19. The molecule has 1 N–H and O–H groups in total. The van der Waals surface area contributed by atoms with Gasteiger partial charge in [0, 0.05) is 18.1 Å². The van der Waals surface area contributed by atoms with E-state index in [4.69, 9.17) is 11.6 Å². The summed E-state index contributed by atoms with van der Waals surface area (Å²) in [4.78, 5) is 2.17. The van der Waals surface area contributed by atoms with Gasteiger partial charge in [-0.05, 0) is 42.3 Å². The Labute approximate surface area is 136 Å². The first kappa shape index (κ1) is 16.3. The van der Waals surface area contributed by atoms with E-state index in [-0.39, 0.29) is 12.4 Å². The minimum atomic E-state index is -1.01. The van der Waals surface area contributed by atoms with E-state index in [1.54, 1.807) is 0 Å². The number of benzene rings is 2. The average molecular weight is 324 g/mol. The smallest absolute Gasteiger partial charge is 0.128 e. The van der Waals surface area contributed by atoms with Crippen LogP contribution in [0.25, 0.3) is 0 Å². The maximum atomic E-state index is 11.4. The molecule has 0 amide bonds. The highest BCUT2D eigenvalue weighted by molar-refractivity contribution is 6.30. The van der Waals surface area contributed by atoms with Crippen LogP contribution in [0.3, 0.4) is 0 Å². The lowest BCUT2D eigenvalue weighted by Crippen LogP contribution is -2.39. The van der Waals surface area contributed by atoms with Crippen LogP contribution in [0.4, 0.5) is 0 Å². The lowest BCUT2D eigenvalue weighted by molar-refractivity contribution is 0.0492. The third-order valence-corrected chi connectivity index (χ3v) is 4.26. The zero-order valence-corrected chi connectivity index (χ0v) is 13.5. The zero-order chi connectivity index (χ0) is 14.2. The minimum Gasteiger partial charge on any atom is -0.379 e. The zero-order valence-electron chi connectivity index (χ0n) is 11.9. The van der Waals surface area contributed by atoms with Gasteiger partial charge < -0.3 is 10.0 Å². The maximum Gasteiger partial charge on any atom is 0.128 e. The van der Waals surface area contributed by atoms with E-state index in [9.17, 15) is 5.11 Å². The largest absolute Gasteiger partial charge is 0.379 e. The second kappa shape index (κ2) is 6.37. The number of hydrogen-bond acceptors (Lipinski definition) is 2. The summed E-state index contributed by atoms with van der Waals surface area (Å²) < 4.78 is 0. The van der Waals surface area contributed by atoms with Crippen LogP contribution in [0.2, 0.25) is 5.02 Å². The third-order valence-electron chi connectivity index (χ3n) is 4.03. The maximum absolute atomic E-state index is 11.4. The number of hydrogen-bond donors (Lipinski definition) is 1. The van der Waals surface area contributed by atoms with Gasteiger partial charge in [-0.1, -0.05) is 48.0 Å². The van der Waals surface area contributed by atoms with E-state index < -0.39 is 5.60 Å². The Hall–Kier alpha value is -1.06. The van der Waals surface area contributed by atoms with Crippen molar-refractivity contribution in [2.75, 3.05) is 20.1 Å². The average Bonchev–Trinajstić information content (AvgIpc) is 2.57. The molecule has 21 heavy (non-hydrogen) atoms. The van der Waals surface area contributed by atoms with Gasteiger partial charge in [-0.15, -0.1) is 12.4 Å². The van der Waals surface area contributed by atoms with E-state index >= 15 is 0 Å². The summed E-state index contributed by atoms with van der Waals surface area (Å²) in [5, 5.41) is 12.0. The Balaban J connectivity index is 0.00000161. The monoisotopic (exact) mass is 323 g/mol. The van der Waals surface area contributed by atoms with E-state index in [0.717, 1.165) is 24.1 Å². The normalized spacial score (nSPS) is 22.0. The second-order valence-electron chi connectivity index (χ2n) is 5.52. The molecule has 0 spiro atoms. The fraction of sp³-hybridized carbons (Fsp3) is 0.294. The Morgan fingerprint density at radius 1 is 1.14 bits per heavy atom. The lowest BCUT2D eigenvalue weighted by atomic mass is 9.83. The summed E-state index contributed by atoms with van der Waals surface area (Å²) in [6, 6.07) is 15.7. The molecule has 3 rings (SSSR count). The number of fused-ring (bicyclic) bond motifs is 1. The van der Waals surface area contributed by atoms with Crippen LogP contribution in [0.1, 0.15) is 16.7 Å². The van der Waals surface area contributed by atoms with Crippen LogP contribution in [0.5, 0.6) is 0 Å². The summed E-state index contributed by atoms with van der Waals surface area (Å²) in [5.41, 5.74) is 2.05. The highest BCUT2D eigenvalue weighted by Gasteiger charge is 2.36. The second-order valence-corrected chi connectivity index (χ2v) is 5.95. The molecule has 1 atom stereocenters. The van der Waals surface area contributed by atoms with Crippen LogP contribution in [-0.2, 0) is 12.0 Å². The van der Waals surface area contributed by atoms with Crippen molar-refractivity contribution in [1.29, 1.82) is 0 Å². The molecule has 2 aromatic rings. The van der Waals surface area contributed by atoms with Gasteiger partial charge in [0.15, 0.2) is 0 Å². The number of aliphatic hydroxyl groups is 1. The molecule has 1 unspecified atom stereocenters. The molecule has 0 aromatic heterocycles. The summed E-state index contributed by atoms with van der Waals surface area (Å²) >= 11 is 6.11. The molecule has 2 aromatic carbocycles. The molecule has 0 radical (unpaired) electrons. The van der Waals surface area contributed by atoms with Gasteiger partial charge in [-0.25, -0.2) is 0 Å². The molecule has 2 nitrogen and oxygen atoms in total. The Morgan fingerprint density at radius 2 is 1.90 bits per heavy atom. The van der Waals surface area contributed by atoms with E-state index in [1.165, 1.54) is 5.56 Å². The number of rotatable bonds is 1. The molecule has 0 bridgehead atoms. The molecule has 1 heterocycles. The molecule has 4 heteroatoms. The third kappa shape index (κ3) is 3.09. The Kier molecular flexibility index (Phi) is 4.95. The number of nitrogens with zero attached hydrogens (tertiary/aromatic N) is 1. The highest BCUT2D eigenvalue weighted by Crippen LogP contribution is 2.35. The Morgan fingerprint density at radius 3 is 2.67 bits per heavy atom. The van der Waals surface area contributed by atoms with Gasteiger partial charge in [-0.3, -0.25) is 0 Å². The van der Waals surface area contributed by atoms with E-state index in [0.29, 0.717) is 11.6 Å². The van der Waals surface area contributed by atoms with Crippen molar-refractivity contribution in [3.05, 3.63) is 70.2 Å². The Bertz CT molecular complexity index is 632. The first-order chi connectivity index (χ1) is 9.59. The van der Waals surface area contributed by atoms with E-state index in [1.807, 2.05) is 49.5 Å². The molecule has 0 aliphatic carbocycles. The number of halogens is 2. The van der Waals surface area contributed by atoms with Gasteiger partial charge >= 0.3 is 0 Å². The topological polar surface area (TPSA) is 23.5 Å². The summed E-state index contributed by atoms with van der Waals surface area (Å²) in [6.07, 6.45) is 0.954. The quantitative estimate of drug-likeness (QED) is 0.868. The first-order valence-electron chi connectivity index (χ1n) is 6.85. The molecule has 0 saturated heterocycles. The van der Waals surface area contributed by atoms with Crippen LogP contribution < -0.4 is 0 Å². The van der Waals surface area contributed by atoms with E-state index in [2.05, 4.69) is 11.0 Å². The van der Waals surface area contributed by atoms with Crippen LogP contribution in [0.15, 0.2) is 48.5 Å². The first-order valence-corrected chi connectivity index (χ1v) is 7.23. The number of β-amino-alcohol motifs (C(OH)–C–C–N with tert-alkyl or cyclic N) is 1. The molecular weight excluding hydrogens is 305 g/mol. The molecule has 112 valence electrons. The summed E-state index contributed by atoms with van der Waals surface area (Å²) in [6.45, 7) is 1.52. The number of likely N-dealkylation sites (N-methyl/N-ethyl adjacent to an activating group) is 1. The van der Waals surface area contributed by atoms with Crippen molar-refractivity contribution in [3.8, 4) is 0 Å².